The van der Waals surface area contributed by atoms with Gasteiger partial charge in [0, 0.05) is 17.9 Å². The van der Waals surface area contributed by atoms with E-state index in [1.54, 1.807) is 24.0 Å². The van der Waals surface area contributed by atoms with Crippen LogP contribution in [0.3, 0.4) is 0 Å². The third-order valence-corrected chi connectivity index (χ3v) is 2.46. The van der Waals surface area contributed by atoms with Crippen LogP contribution >= 0.6 is 0 Å². The summed E-state index contributed by atoms with van der Waals surface area (Å²) in [6.45, 7) is 5.86. The maximum atomic E-state index is 11.9. The van der Waals surface area contributed by atoms with Crippen molar-refractivity contribution in [2.75, 3.05) is 5.32 Å². The zero-order valence-electron chi connectivity index (χ0n) is 10.1. The Bertz CT molecular complexity index is 525. The van der Waals surface area contributed by atoms with E-state index < -0.39 is 0 Å². The summed E-state index contributed by atoms with van der Waals surface area (Å²) in [7, 11) is 0. The number of rotatable bonds is 3. The summed E-state index contributed by atoms with van der Waals surface area (Å²) in [5.41, 5.74) is 1.98. The van der Waals surface area contributed by atoms with Crippen LogP contribution in [0.5, 0.6) is 0 Å². The summed E-state index contributed by atoms with van der Waals surface area (Å²) in [6, 6.07) is 0.274. The van der Waals surface area contributed by atoms with Crippen LogP contribution in [0.25, 0.3) is 0 Å². The minimum absolute atomic E-state index is 0.181. The lowest BCUT2D eigenvalue weighted by atomic mass is 10.2. The normalized spacial score (nSPS) is 10.8. The first-order chi connectivity index (χ1) is 8.08. The summed E-state index contributed by atoms with van der Waals surface area (Å²) in [6.07, 6.45) is 4.95. The minimum Gasteiger partial charge on any atom is -0.319 e. The van der Waals surface area contributed by atoms with Crippen LogP contribution in [0.4, 0.5) is 5.69 Å². The fourth-order valence-corrected chi connectivity index (χ4v) is 1.46. The Kier molecular flexibility index (Phi) is 2.95. The summed E-state index contributed by atoms with van der Waals surface area (Å²) in [5.74, 6) is -0.181. The quantitative estimate of drug-likeness (QED) is 0.848. The van der Waals surface area contributed by atoms with Gasteiger partial charge in [-0.15, -0.1) is 0 Å². The van der Waals surface area contributed by atoms with E-state index in [0.717, 1.165) is 5.69 Å². The summed E-state index contributed by atoms with van der Waals surface area (Å²) < 4.78 is 1.79. The van der Waals surface area contributed by atoms with Crippen LogP contribution in [0.15, 0.2) is 18.6 Å². The van der Waals surface area contributed by atoms with Crippen molar-refractivity contribution in [2.45, 2.75) is 26.8 Å². The molecule has 2 aromatic rings. The molecule has 0 aliphatic carbocycles. The fourth-order valence-electron chi connectivity index (χ4n) is 1.46. The average Bonchev–Trinajstić information content (AvgIpc) is 2.86. The number of H-pyrrole nitrogens is 1. The van der Waals surface area contributed by atoms with E-state index in [2.05, 4.69) is 20.6 Å². The highest BCUT2D eigenvalue weighted by molar-refractivity contribution is 6.04. The van der Waals surface area contributed by atoms with Gasteiger partial charge in [0.15, 0.2) is 0 Å². The second-order valence-corrected chi connectivity index (χ2v) is 4.17. The lowest BCUT2D eigenvalue weighted by molar-refractivity contribution is 0.102. The molecule has 0 radical (unpaired) electrons. The molecule has 2 rings (SSSR count). The van der Waals surface area contributed by atoms with Crippen LogP contribution in [0.2, 0.25) is 0 Å². The molecule has 0 spiro atoms. The van der Waals surface area contributed by atoms with E-state index in [9.17, 15) is 4.79 Å². The van der Waals surface area contributed by atoms with Crippen molar-refractivity contribution in [3.8, 4) is 0 Å². The number of aryl methyl sites for hydroxylation is 1. The monoisotopic (exact) mass is 233 g/mol. The summed E-state index contributed by atoms with van der Waals surface area (Å²) in [4.78, 5) is 11.9. The van der Waals surface area contributed by atoms with E-state index in [-0.39, 0.29) is 11.9 Å². The number of aromatic amines is 1. The molecule has 6 nitrogen and oxygen atoms in total. The van der Waals surface area contributed by atoms with Gasteiger partial charge in [-0.3, -0.25) is 14.6 Å². The molecule has 1 amide bonds. The molecule has 0 aliphatic rings. The van der Waals surface area contributed by atoms with Gasteiger partial charge in [0.1, 0.15) is 0 Å². The fraction of sp³-hybridized carbons (Fsp3) is 0.364. The molecule has 0 aromatic carbocycles. The zero-order chi connectivity index (χ0) is 12.4. The molecule has 0 unspecified atom stereocenters. The van der Waals surface area contributed by atoms with Crippen LogP contribution in [0, 0.1) is 6.92 Å². The lowest BCUT2D eigenvalue weighted by Gasteiger charge is -2.03. The molecule has 0 saturated heterocycles. The molecule has 0 saturated carbocycles. The van der Waals surface area contributed by atoms with Crippen LogP contribution < -0.4 is 5.32 Å². The van der Waals surface area contributed by atoms with E-state index in [1.165, 1.54) is 6.20 Å². The Morgan fingerprint density at radius 1 is 1.47 bits per heavy atom. The van der Waals surface area contributed by atoms with Crippen molar-refractivity contribution in [1.29, 1.82) is 0 Å². The van der Waals surface area contributed by atoms with Gasteiger partial charge < -0.3 is 5.32 Å². The molecular formula is C11H15N5O. The van der Waals surface area contributed by atoms with Crippen molar-refractivity contribution in [3.05, 3.63) is 29.8 Å². The minimum atomic E-state index is -0.181. The number of anilines is 1. The van der Waals surface area contributed by atoms with Gasteiger partial charge in [0.05, 0.1) is 23.6 Å². The number of nitrogens with one attached hydrogen (secondary N) is 2. The maximum absolute atomic E-state index is 11.9. The van der Waals surface area contributed by atoms with Crippen molar-refractivity contribution in [1.82, 2.24) is 20.0 Å². The number of amides is 1. The second-order valence-electron chi connectivity index (χ2n) is 4.17. The van der Waals surface area contributed by atoms with Gasteiger partial charge in [0.25, 0.3) is 5.91 Å². The van der Waals surface area contributed by atoms with Gasteiger partial charge in [-0.2, -0.15) is 10.2 Å². The topological polar surface area (TPSA) is 75.6 Å². The molecule has 0 bridgehead atoms. The first-order valence-electron chi connectivity index (χ1n) is 5.43. The zero-order valence-corrected chi connectivity index (χ0v) is 10.1. The standard InChI is InChI=1S/C11H15N5O/c1-7(2)16-6-9(4-13-16)14-11(17)10-5-12-15-8(10)3/h4-7H,1-3H3,(H,12,15)(H,14,17). The second kappa shape index (κ2) is 4.40. The molecule has 6 heteroatoms. The van der Waals surface area contributed by atoms with E-state index in [0.29, 0.717) is 11.3 Å². The van der Waals surface area contributed by atoms with Gasteiger partial charge in [-0.1, -0.05) is 0 Å². The highest BCUT2D eigenvalue weighted by Gasteiger charge is 2.12. The van der Waals surface area contributed by atoms with Crippen LogP contribution in [-0.2, 0) is 0 Å². The predicted molar refractivity (Wildman–Crippen MR) is 63.9 cm³/mol. The molecule has 0 fully saturated rings. The first kappa shape index (κ1) is 11.4. The van der Waals surface area contributed by atoms with Gasteiger partial charge in [-0.05, 0) is 20.8 Å². The van der Waals surface area contributed by atoms with Crippen LogP contribution in [0.1, 0.15) is 35.9 Å². The molecule has 0 aliphatic heterocycles. The number of hydrogen-bond acceptors (Lipinski definition) is 3. The number of aromatic nitrogens is 4. The van der Waals surface area contributed by atoms with E-state index in [4.69, 9.17) is 0 Å². The SMILES string of the molecule is Cc1[nH]ncc1C(=O)Nc1cnn(C(C)C)c1. The van der Waals surface area contributed by atoms with Crippen molar-refractivity contribution < 1.29 is 4.79 Å². The van der Waals surface area contributed by atoms with E-state index >= 15 is 0 Å². The highest BCUT2D eigenvalue weighted by Crippen LogP contribution is 2.12. The molecule has 0 atom stereocenters. The number of hydrogen-bond donors (Lipinski definition) is 2. The Balaban J connectivity index is 2.11. The van der Waals surface area contributed by atoms with Crippen molar-refractivity contribution in [3.63, 3.8) is 0 Å². The lowest BCUT2D eigenvalue weighted by Crippen LogP contribution is -2.11. The largest absolute Gasteiger partial charge is 0.319 e. The maximum Gasteiger partial charge on any atom is 0.259 e. The van der Waals surface area contributed by atoms with Crippen LogP contribution in [-0.4, -0.2) is 25.9 Å². The number of carbonyl (C=O) groups excluding carboxylic acids is 1. The van der Waals surface area contributed by atoms with Crippen molar-refractivity contribution in [2.24, 2.45) is 0 Å². The molecular weight excluding hydrogens is 218 g/mol. The van der Waals surface area contributed by atoms with Crippen molar-refractivity contribution >= 4 is 11.6 Å². The number of carbonyl (C=O) groups is 1. The Hall–Kier alpha value is -2.11. The third kappa shape index (κ3) is 2.35. The van der Waals surface area contributed by atoms with Gasteiger partial charge in [-0.25, -0.2) is 0 Å². The Morgan fingerprint density at radius 2 is 2.24 bits per heavy atom. The van der Waals surface area contributed by atoms with Gasteiger partial charge in [0.2, 0.25) is 0 Å². The molecule has 2 N–H and O–H groups in total. The Morgan fingerprint density at radius 3 is 2.76 bits per heavy atom. The molecule has 90 valence electrons. The number of nitrogens with zero attached hydrogens (tertiary/aromatic N) is 3. The Labute approximate surface area is 99.0 Å². The third-order valence-electron chi connectivity index (χ3n) is 2.46. The van der Waals surface area contributed by atoms with E-state index in [1.807, 2.05) is 13.8 Å². The highest BCUT2D eigenvalue weighted by atomic mass is 16.1. The smallest absolute Gasteiger partial charge is 0.259 e. The van der Waals surface area contributed by atoms with Gasteiger partial charge >= 0.3 is 0 Å². The molecule has 2 heterocycles. The summed E-state index contributed by atoms with van der Waals surface area (Å²) in [5, 5.41) is 13.5. The summed E-state index contributed by atoms with van der Waals surface area (Å²) >= 11 is 0. The molecule has 17 heavy (non-hydrogen) atoms. The predicted octanol–water partition coefficient (Wildman–Crippen LogP) is 1.75. The first-order valence-corrected chi connectivity index (χ1v) is 5.43. The average molecular weight is 233 g/mol. The molecule has 2 aromatic heterocycles.